The maximum atomic E-state index is 13.2. The molecule has 0 saturated carbocycles. The Labute approximate surface area is 207 Å². The first-order valence-corrected chi connectivity index (χ1v) is 12.0. The lowest BCUT2D eigenvalue weighted by atomic mass is 10.00. The number of rotatable bonds is 9. The molecule has 0 bridgehead atoms. The minimum Gasteiger partial charge on any atom is -0.481 e. The van der Waals surface area contributed by atoms with Crippen molar-refractivity contribution in [3.8, 4) is 0 Å². The molecule has 1 fully saturated rings. The number of carboxylic acid groups (broad SMARTS) is 1. The van der Waals surface area contributed by atoms with Crippen molar-refractivity contribution in [2.45, 2.75) is 44.4 Å². The molecule has 10 heteroatoms. The molecule has 0 aliphatic carbocycles. The molecule has 2 aromatic rings. The van der Waals surface area contributed by atoms with Crippen LogP contribution >= 0.6 is 0 Å². The summed E-state index contributed by atoms with van der Waals surface area (Å²) in [6.45, 7) is 2.56. The number of nitrogens with one attached hydrogen (secondary N) is 1. The minimum atomic E-state index is -4.55. The van der Waals surface area contributed by atoms with E-state index < -0.39 is 30.2 Å². The van der Waals surface area contributed by atoms with Gasteiger partial charge in [0.2, 0.25) is 0 Å². The summed E-state index contributed by atoms with van der Waals surface area (Å²) >= 11 is 0. The summed E-state index contributed by atoms with van der Waals surface area (Å²) in [5.41, 5.74) is 1.82. The lowest BCUT2D eigenvalue weighted by Gasteiger charge is -2.28. The van der Waals surface area contributed by atoms with Crippen LogP contribution in [-0.4, -0.2) is 58.9 Å². The Hall–Kier alpha value is -3.56. The average Bonchev–Trinajstić information content (AvgIpc) is 3.21. The van der Waals surface area contributed by atoms with Crippen LogP contribution in [0, 0.1) is 0 Å². The van der Waals surface area contributed by atoms with Crippen LogP contribution < -0.4 is 5.32 Å². The summed E-state index contributed by atoms with van der Waals surface area (Å²) in [4.78, 5) is 32.1. The van der Waals surface area contributed by atoms with Gasteiger partial charge in [0.05, 0.1) is 24.6 Å². The second-order valence-corrected chi connectivity index (χ2v) is 9.04. The van der Waals surface area contributed by atoms with Crippen LogP contribution in [0.3, 0.4) is 0 Å². The number of fused-ring (bicyclic) bond motifs is 1. The normalized spacial score (nSPS) is 16.5. The van der Waals surface area contributed by atoms with Gasteiger partial charge in [-0.2, -0.15) is 13.2 Å². The van der Waals surface area contributed by atoms with Gasteiger partial charge in [0.1, 0.15) is 5.84 Å². The van der Waals surface area contributed by atoms with Gasteiger partial charge in [0.25, 0.3) is 0 Å². The monoisotopic (exact) mass is 502 g/mol. The van der Waals surface area contributed by atoms with E-state index in [4.69, 9.17) is 0 Å². The summed E-state index contributed by atoms with van der Waals surface area (Å²) in [6, 6.07) is 11.5. The second-order valence-electron chi connectivity index (χ2n) is 9.04. The number of carboxylic acids is 1. The van der Waals surface area contributed by atoms with Crippen molar-refractivity contribution < 1.29 is 27.9 Å². The zero-order chi connectivity index (χ0) is 25.7. The summed E-state index contributed by atoms with van der Waals surface area (Å²) in [6.07, 6.45) is -2.68. The van der Waals surface area contributed by atoms with Gasteiger partial charge in [-0.1, -0.05) is 36.4 Å². The topological polar surface area (TPSA) is 85.2 Å². The Morgan fingerprint density at radius 3 is 2.61 bits per heavy atom. The summed E-state index contributed by atoms with van der Waals surface area (Å²) in [7, 11) is 0. The van der Waals surface area contributed by atoms with Crippen LogP contribution in [-0.2, 0) is 23.9 Å². The van der Waals surface area contributed by atoms with Crippen LogP contribution in [0.5, 0.6) is 0 Å². The molecule has 0 unspecified atom stereocenters. The van der Waals surface area contributed by atoms with Gasteiger partial charge in [0.15, 0.2) is 0 Å². The van der Waals surface area contributed by atoms with Crippen molar-refractivity contribution in [2.24, 2.45) is 4.99 Å². The smallest absolute Gasteiger partial charge is 0.416 e. The van der Waals surface area contributed by atoms with E-state index in [9.17, 15) is 27.9 Å². The van der Waals surface area contributed by atoms with E-state index in [2.05, 4.69) is 22.4 Å². The SMILES string of the molecule is O=C(O)C[C@@H](c1cccc(C(F)(F)F)c1)N1CCN(CCCCNC2=NCc3ccccc3C2)C1=O. The quantitative estimate of drug-likeness (QED) is 0.495. The Morgan fingerprint density at radius 1 is 1.08 bits per heavy atom. The van der Waals surface area contributed by atoms with Crippen LogP contribution in [0.2, 0.25) is 0 Å². The molecule has 4 rings (SSSR count). The highest BCUT2D eigenvalue weighted by molar-refractivity contribution is 5.85. The number of carbonyl (C=O) groups excluding carboxylic acids is 1. The fourth-order valence-electron chi connectivity index (χ4n) is 4.67. The molecule has 2 heterocycles. The maximum absolute atomic E-state index is 13.2. The first-order valence-electron chi connectivity index (χ1n) is 12.0. The van der Waals surface area contributed by atoms with Crippen LogP contribution in [0.15, 0.2) is 53.5 Å². The third-order valence-electron chi connectivity index (χ3n) is 6.57. The standard InChI is InChI=1S/C26H29F3N4O3/c27-26(28,29)21-9-5-8-19(14-21)22(16-24(34)35)33-13-12-32(25(33)36)11-4-3-10-30-23-15-18-6-1-2-7-20(18)17-31-23/h1-2,5-9,14,22H,3-4,10-13,15-17H2,(H,30,31)(H,34,35)/t22-/m0/s1. The molecule has 2 N–H and O–H groups in total. The molecule has 1 atom stereocenters. The van der Waals surface area contributed by atoms with Gasteiger partial charge in [-0.05, 0) is 41.7 Å². The summed E-state index contributed by atoms with van der Waals surface area (Å²) in [5, 5.41) is 12.7. The molecular formula is C26H29F3N4O3. The van der Waals surface area contributed by atoms with Gasteiger partial charge in [-0.15, -0.1) is 0 Å². The highest BCUT2D eigenvalue weighted by Crippen LogP contribution is 2.34. The molecule has 1 saturated heterocycles. The van der Waals surface area contributed by atoms with E-state index >= 15 is 0 Å². The highest BCUT2D eigenvalue weighted by atomic mass is 19.4. The van der Waals surface area contributed by atoms with Crippen LogP contribution in [0.4, 0.5) is 18.0 Å². The van der Waals surface area contributed by atoms with Crippen molar-refractivity contribution in [3.05, 3.63) is 70.8 Å². The van der Waals surface area contributed by atoms with E-state index in [1.807, 2.05) is 12.1 Å². The van der Waals surface area contributed by atoms with Crippen LogP contribution in [0.1, 0.15) is 47.6 Å². The Balaban J connectivity index is 1.29. The highest BCUT2D eigenvalue weighted by Gasteiger charge is 2.37. The molecule has 36 heavy (non-hydrogen) atoms. The number of alkyl halides is 3. The Morgan fingerprint density at radius 2 is 1.86 bits per heavy atom. The zero-order valence-electron chi connectivity index (χ0n) is 19.8. The fraction of sp³-hybridized carbons (Fsp3) is 0.423. The first kappa shape index (κ1) is 25.5. The van der Waals surface area contributed by atoms with Gasteiger partial charge < -0.3 is 20.2 Å². The number of benzene rings is 2. The lowest BCUT2D eigenvalue weighted by molar-refractivity contribution is -0.138. The first-order chi connectivity index (χ1) is 17.2. The van der Waals surface area contributed by atoms with E-state index in [0.29, 0.717) is 19.6 Å². The van der Waals surface area contributed by atoms with Gasteiger partial charge in [-0.3, -0.25) is 9.79 Å². The number of amidine groups is 1. The molecule has 2 aliphatic rings. The third-order valence-corrected chi connectivity index (χ3v) is 6.57. The molecule has 0 spiro atoms. The molecular weight excluding hydrogens is 473 g/mol. The predicted molar refractivity (Wildman–Crippen MR) is 129 cm³/mol. The van der Waals surface area contributed by atoms with Crippen molar-refractivity contribution >= 4 is 17.8 Å². The predicted octanol–water partition coefficient (Wildman–Crippen LogP) is 4.48. The van der Waals surface area contributed by atoms with Gasteiger partial charge in [0, 0.05) is 32.6 Å². The number of carbonyl (C=O) groups is 2. The molecule has 2 aromatic carbocycles. The van der Waals surface area contributed by atoms with Crippen molar-refractivity contribution in [3.63, 3.8) is 0 Å². The summed E-state index contributed by atoms with van der Waals surface area (Å²) < 4.78 is 39.5. The largest absolute Gasteiger partial charge is 0.481 e. The maximum Gasteiger partial charge on any atom is 0.416 e. The van der Waals surface area contributed by atoms with Crippen molar-refractivity contribution in [1.82, 2.24) is 15.1 Å². The average molecular weight is 503 g/mol. The third kappa shape index (κ3) is 6.16. The minimum absolute atomic E-state index is 0.168. The molecule has 192 valence electrons. The molecule has 0 aromatic heterocycles. The number of aliphatic carboxylic acids is 1. The van der Waals surface area contributed by atoms with Crippen molar-refractivity contribution in [1.29, 1.82) is 0 Å². The Bertz CT molecular complexity index is 1140. The van der Waals surface area contributed by atoms with Crippen LogP contribution in [0.25, 0.3) is 0 Å². The molecule has 2 aliphatic heterocycles. The van der Waals surface area contributed by atoms with Crippen molar-refractivity contribution in [2.75, 3.05) is 26.2 Å². The van der Waals surface area contributed by atoms with E-state index in [1.165, 1.54) is 28.2 Å². The number of unbranched alkanes of at least 4 members (excludes halogenated alkanes) is 1. The summed E-state index contributed by atoms with van der Waals surface area (Å²) in [5.74, 6) is -0.224. The number of hydrogen-bond acceptors (Lipinski definition) is 4. The number of urea groups is 1. The number of halogens is 3. The second kappa shape index (κ2) is 11.0. The van der Waals surface area contributed by atoms with Gasteiger partial charge in [-0.25, -0.2) is 4.79 Å². The molecule has 2 amide bonds. The zero-order valence-corrected chi connectivity index (χ0v) is 19.8. The Kier molecular flexibility index (Phi) is 7.81. The fourth-order valence-corrected chi connectivity index (χ4v) is 4.67. The van der Waals surface area contributed by atoms with E-state index in [1.54, 1.807) is 4.90 Å². The molecule has 0 radical (unpaired) electrons. The van der Waals surface area contributed by atoms with E-state index in [-0.39, 0.29) is 18.1 Å². The lowest BCUT2D eigenvalue weighted by Crippen LogP contribution is -2.36. The number of hydrogen-bond donors (Lipinski definition) is 2. The van der Waals surface area contributed by atoms with Gasteiger partial charge >= 0.3 is 18.2 Å². The number of nitrogens with zero attached hydrogens (tertiary/aromatic N) is 3. The molecule has 7 nitrogen and oxygen atoms in total. The van der Waals surface area contributed by atoms with E-state index in [0.717, 1.165) is 43.8 Å². The number of amides is 2. The number of aliphatic imine (C=N–C) groups is 1.